The van der Waals surface area contributed by atoms with E-state index in [2.05, 4.69) is 54.3 Å². The molecule has 0 saturated heterocycles. The van der Waals surface area contributed by atoms with Crippen LogP contribution >= 0.6 is 0 Å². The van der Waals surface area contributed by atoms with Gasteiger partial charge in [-0.3, -0.25) is 38.4 Å². The zero-order chi connectivity index (χ0) is 16.0. The van der Waals surface area contributed by atoms with Crippen molar-refractivity contribution in [3.8, 4) is 0 Å². The first-order valence-electron chi connectivity index (χ1n) is 1.63. The number of hydrogen-bond acceptors (Lipinski definition) is 8. The third-order valence-corrected chi connectivity index (χ3v) is 0. The topological polar surface area (TPSA) is 137 Å². The van der Waals surface area contributed by atoms with E-state index in [4.69, 9.17) is 38.4 Å². The van der Waals surface area contributed by atoms with Crippen molar-refractivity contribution < 1.29 is 102 Å². The van der Waals surface area contributed by atoms with Gasteiger partial charge in [0.2, 0.25) is 0 Å². The third-order valence-electron chi connectivity index (χ3n) is 0. The summed E-state index contributed by atoms with van der Waals surface area (Å²) in [6.45, 7) is 36.0. The van der Waals surface area contributed by atoms with Crippen LogP contribution in [0.2, 0.25) is 0 Å². The molecule has 0 amide bonds. The molecule has 8 nitrogen and oxygen atoms in total. The molecule has 0 aromatic heterocycles. The Morgan fingerprint density at radius 3 is 0.250 bits per heavy atom. The molecule has 112 valence electrons. The monoisotopic (exact) mass is 500 g/mol. The quantitative estimate of drug-likeness (QED) is 0.299. The molecule has 0 heterocycles. The van der Waals surface area contributed by atoms with E-state index in [9.17, 15) is 0 Å². The first-order valence-corrected chi connectivity index (χ1v) is 1.63. The van der Waals surface area contributed by atoms with Gasteiger partial charge in [-0.2, -0.15) is 0 Å². The minimum atomic E-state index is 0. The molecule has 0 aliphatic heterocycles. The second-order valence-corrected chi connectivity index (χ2v) is 0. The van der Waals surface area contributed by atoms with E-state index >= 15 is 0 Å². The van der Waals surface area contributed by atoms with Crippen molar-refractivity contribution in [2.24, 2.45) is 0 Å². The molecule has 0 aromatic carbocycles. The maximum atomic E-state index is 7.50. The average Bonchev–Trinajstić information content (AvgIpc) is 2.54. The summed E-state index contributed by atoms with van der Waals surface area (Å²) in [7, 11) is 0. The smallest absolute Gasteiger partial charge is 1.00 e. The van der Waals surface area contributed by atoms with Gasteiger partial charge in [-0.15, -0.1) is 0 Å². The summed E-state index contributed by atoms with van der Waals surface area (Å²) in [5.41, 5.74) is 0. The van der Waals surface area contributed by atoms with E-state index in [1.54, 1.807) is 0 Å². The second kappa shape index (κ2) is 8120. The van der Waals surface area contributed by atoms with Gasteiger partial charge in [0.15, 0.2) is 0 Å². The molecular formula is C8Cl2O8Rh2. The van der Waals surface area contributed by atoms with E-state index in [0.717, 1.165) is 0 Å². The molecule has 16 radical (unpaired) electrons. The average molecular weight is 501 g/mol. The number of halogens is 2. The van der Waals surface area contributed by atoms with Gasteiger partial charge in [0.25, 0.3) is 54.3 Å². The largest absolute Gasteiger partial charge is 1.00 e. The van der Waals surface area contributed by atoms with E-state index < -0.39 is 0 Å². The molecule has 12 heteroatoms. The minimum absolute atomic E-state index is 0. The Kier molecular flexibility index (Phi) is 49900. The van der Waals surface area contributed by atoms with Crippen LogP contribution in [0.5, 0.6) is 0 Å². The van der Waals surface area contributed by atoms with Gasteiger partial charge < -0.3 is 24.8 Å². The fraction of sp³-hybridized carbons (Fsp3) is 0. The third kappa shape index (κ3) is 6810. The van der Waals surface area contributed by atoms with Crippen molar-refractivity contribution in [3.63, 3.8) is 0 Å². The molecule has 0 aromatic rings. The molecule has 20 heavy (non-hydrogen) atoms. The molecule has 0 aliphatic rings. The minimum Gasteiger partial charge on any atom is -1.00 e. The zero-order valence-electron chi connectivity index (χ0n) is 8.69. The molecule has 0 spiro atoms. The second-order valence-electron chi connectivity index (χ2n) is 0. The van der Waals surface area contributed by atoms with Crippen LogP contribution in [0.25, 0.3) is 0 Å². The summed E-state index contributed by atoms with van der Waals surface area (Å²) in [6, 6.07) is 0. The molecular weight excluding hydrogens is 501 g/mol. The Morgan fingerprint density at radius 1 is 0.250 bits per heavy atom. The summed E-state index contributed by atoms with van der Waals surface area (Å²) in [5.74, 6) is 0. The van der Waals surface area contributed by atoms with Gasteiger partial charge in [0.05, 0.1) is 0 Å². The van der Waals surface area contributed by atoms with Crippen molar-refractivity contribution >= 4 is 54.3 Å². The van der Waals surface area contributed by atoms with Crippen LogP contribution < -0.4 is 24.8 Å². The molecule has 0 unspecified atom stereocenters. The van der Waals surface area contributed by atoms with E-state index in [1.807, 2.05) is 0 Å². The van der Waals surface area contributed by atoms with E-state index in [1.165, 1.54) is 0 Å². The SMILES string of the molecule is [C]=O.[C]=O.[C]=O.[C]=O.[C]=O.[C]=O.[C]=O.[C]=O.[Cl-].[Cl-].[Rh+].[Rh+]. The standard InChI is InChI=1S/8CO.2ClH.2Rh/c8*1-2;;;;/h;;;;;;;;2*1H;;/q;;;;;;;;;;2*+1/p-2. The van der Waals surface area contributed by atoms with Crippen LogP contribution in [-0.4, -0.2) is 54.3 Å². The van der Waals surface area contributed by atoms with Crippen molar-refractivity contribution in [1.82, 2.24) is 0 Å². The van der Waals surface area contributed by atoms with Crippen LogP contribution in [0.3, 0.4) is 0 Å². The molecule has 0 saturated carbocycles. The molecule has 0 aliphatic carbocycles. The van der Waals surface area contributed by atoms with Gasteiger partial charge in [0.1, 0.15) is 0 Å². The van der Waals surface area contributed by atoms with Gasteiger partial charge in [-0.05, 0) is 0 Å². The predicted molar refractivity (Wildman–Crippen MR) is 45.5 cm³/mol. The normalized spacial score (nSPS) is 1.60. The van der Waals surface area contributed by atoms with Crippen molar-refractivity contribution in [2.45, 2.75) is 0 Å². The van der Waals surface area contributed by atoms with Crippen LogP contribution in [0, 0.1) is 0 Å². The molecule has 0 bridgehead atoms. The van der Waals surface area contributed by atoms with E-state index in [-0.39, 0.29) is 63.8 Å². The predicted octanol–water partition coefficient (Wildman–Crippen LogP) is -9.17. The maximum absolute atomic E-state index is 7.50. The molecule has 0 N–H and O–H groups in total. The number of hydrogen-bond donors (Lipinski definition) is 0. The summed E-state index contributed by atoms with van der Waals surface area (Å²) < 4.78 is 0. The van der Waals surface area contributed by atoms with Gasteiger partial charge >= 0.3 is 39.0 Å². The Morgan fingerprint density at radius 2 is 0.250 bits per heavy atom. The van der Waals surface area contributed by atoms with Crippen LogP contribution in [0.4, 0.5) is 0 Å². The zero-order valence-corrected chi connectivity index (χ0v) is 13.5. The van der Waals surface area contributed by atoms with Crippen molar-refractivity contribution in [1.29, 1.82) is 0 Å². The summed E-state index contributed by atoms with van der Waals surface area (Å²) in [4.78, 5) is 60.0. The fourth-order valence-corrected chi connectivity index (χ4v) is 0. The number of carbonyl (C=O) groups excluding carboxylic acids is 8. The fourth-order valence-electron chi connectivity index (χ4n) is 0. The molecule has 0 fully saturated rings. The first-order chi connectivity index (χ1) is 8.00. The van der Waals surface area contributed by atoms with Crippen molar-refractivity contribution in [2.75, 3.05) is 0 Å². The Hall–Kier alpha value is -0.813. The Labute approximate surface area is 156 Å². The van der Waals surface area contributed by atoms with Crippen LogP contribution in [0.1, 0.15) is 0 Å². The Bertz CT molecular complexity index is 58.4. The maximum Gasteiger partial charge on any atom is 1.00 e. The molecule has 0 rings (SSSR count). The van der Waals surface area contributed by atoms with Crippen molar-refractivity contribution in [3.05, 3.63) is 0 Å². The summed E-state index contributed by atoms with van der Waals surface area (Å²) >= 11 is 0. The summed E-state index contributed by atoms with van der Waals surface area (Å²) in [5, 5.41) is 0. The van der Waals surface area contributed by atoms with Gasteiger partial charge in [0, 0.05) is 0 Å². The molecule has 0 atom stereocenters. The van der Waals surface area contributed by atoms with Crippen LogP contribution in [0.15, 0.2) is 0 Å². The van der Waals surface area contributed by atoms with Crippen LogP contribution in [-0.2, 0) is 77.3 Å². The first kappa shape index (κ1) is 123. The van der Waals surface area contributed by atoms with Gasteiger partial charge in [-0.1, -0.05) is 0 Å². The van der Waals surface area contributed by atoms with E-state index in [0.29, 0.717) is 0 Å². The number of rotatable bonds is 0. The summed E-state index contributed by atoms with van der Waals surface area (Å²) in [6.07, 6.45) is 0. The Balaban J connectivity index is -0.00000000356. The van der Waals surface area contributed by atoms with Gasteiger partial charge in [-0.25, -0.2) is 0 Å².